The maximum absolute atomic E-state index is 13.2. The van der Waals surface area contributed by atoms with Crippen molar-refractivity contribution >= 4 is 19.7 Å². The van der Waals surface area contributed by atoms with Gasteiger partial charge in [-0.2, -0.15) is 0 Å². The number of benzene rings is 1. The minimum absolute atomic E-state index is 0.0231. The largest absolute Gasteiger partial charge is 0.504 e. The molecule has 2 heterocycles. The van der Waals surface area contributed by atoms with Gasteiger partial charge in [0.15, 0.2) is 11.5 Å². The molecular weight excluding hydrogens is 380 g/mol. The smallest absolute Gasteiger partial charge is 0.246 e. The number of phenolic OH excluding ortho intramolecular Hbond substituents is 1. The van der Waals surface area contributed by atoms with E-state index in [2.05, 4.69) is 19.6 Å². The Morgan fingerprint density at radius 3 is 2.61 bits per heavy atom. The fourth-order valence-electron chi connectivity index (χ4n) is 3.67. The Balaban J connectivity index is 1.94. The number of aliphatic hydroxyl groups excluding tert-OH is 2. The van der Waals surface area contributed by atoms with Gasteiger partial charge in [-0.3, -0.25) is 14.6 Å². The molecule has 1 unspecified atom stereocenters. The van der Waals surface area contributed by atoms with E-state index in [1.54, 1.807) is 4.90 Å². The summed E-state index contributed by atoms with van der Waals surface area (Å²) in [4.78, 5) is 16.3. The van der Waals surface area contributed by atoms with E-state index in [0.29, 0.717) is 17.9 Å². The monoisotopic (exact) mass is 410 g/mol. The zero-order valence-electron chi connectivity index (χ0n) is 16.9. The molecule has 3 N–H and O–H groups in total. The molecule has 2 aliphatic rings. The van der Waals surface area contributed by atoms with Crippen LogP contribution in [0.1, 0.15) is 18.2 Å². The van der Waals surface area contributed by atoms with Gasteiger partial charge in [-0.15, -0.1) is 0 Å². The molecule has 1 fully saturated rings. The number of carbonyl (C=O) groups excluding carboxylic acids is 1. The van der Waals surface area contributed by atoms with Crippen molar-refractivity contribution in [2.24, 2.45) is 0 Å². The molecule has 9 heteroatoms. The van der Waals surface area contributed by atoms with E-state index in [0.717, 1.165) is 6.04 Å². The third-order valence-corrected chi connectivity index (χ3v) is 7.00. The van der Waals surface area contributed by atoms with Crippen LogP contribution in [0.5, 0.6) is 11.5 Å². The molecule has 0 spiro atoms. The SMILES string of the molecule is COc1cc2c(cc1O)N(COCC[Si](C)(C)C)C(=O)[C@@H]1C[C@@H](O)CN1C2O. The minimum Gasteiger partial charge on any atom is -0.504 e. The van der Waals surface area contributed by atoms with Crippen molar-refractivity contribution in [3.63, 3.8) is 0 Å². The molecule has 1 saturated heterocycles. The molecule has 156 valence electrons. The first-order chi connectivity index (χ1) is 13.1. The summed E-state index contributed by atoms with van der Waals surface area (Å²) in [6, 6.07) is 3.28. The number of rotatable bonds is 6. The molecule has 1 aromatic carbocycles. The number of aromatic hydroxyl groups is 1. The molecule has 2 aliphatic heterocycles. The van der Waals surface area contributed by atoms with E-state index in [1.165, 1.54) is 24.1 Å². The number of carbonyl (C=O) groups is 1. The van der Waals surface area contributed by atoms with Crippen LogP contribution in [0.15, 0.2) is 12.1 Å². The van der Waals surface area contributed by atoms with Crippen molar-refractivity contribution in [1.29, 1.82) is 0 Å². The van der Waals surface area contributed by atoms with Gasteiger partial charge in [0.25, 0.3) is 0 Å². The second-order valence-electron chi connectivity index (χ2n) is 8.67. The van der Waals surface area contributed by atoms with E-state index in [1.807, 2.05) is 0 Å². The normalized spacial score (nSPS) is 25.4. The number of hydrogen-bond acceptors (Lipinski definition) is 7. The summed E-state index contributed by atoms with van der Waals surface area (Å²) < 4.78 is 11.0. The number of ether oxygens (including phenoxy) is 2. The van der Waals surface area contributed by atoms with Crippen molar-refractivity contribution in [2.45, 2.75) is 50.5 Å². The molecule has 0 aromatic heterocycles. The maximum atomic E-state index is 13.2. The molecule has 3 rings (SSSR count). The van der Waals surface area contributed by atoms with E-state index in [4.69, 9.17) is 9.47 Å². The van der Waals surface area contributed by atoms with Crippen LogP contribution < -0.4 is 9.64 Å². The Labute approximate surface area is 166 Å². The van der Waals surface area contributed by atoms with Gasteiger partial charge in [-0.1, -0.05) is 19.6 Å². The maximum Gasteiger partial charge on any atom is 0.246 e. The van der Waals surface area contributed by atoms with Crippen LogP contribution >= 0.6 is 0 Å². The number of fused-ring (bicyclic) bond motifs is 2. The second-order valence-corrected chi connectivity index (χ2v) is 14.3. The van der Waals surface area contributed by atoms with Gasteiger partial charge in [0.1, 0.15) is 13.0 Å². The van der Waals surface area contributed by atoms with Crippen LogP contribution in [0.3, 0.4) is 0 Å². The quantitative estimate of drug-likeness (QED) is 0.482. The number of hydrogen-bond donors (Lipinski definition) is 3. The Kier molecular flexibility index (Phi) is 6.02. The van der Waals surface area contributed by atoms with Crippen molar-refractivity contribution in [3.8, 4) is 11.5 Å². The molecule has 0 saturated carbocycles. The summed E-state index contributed by atoms with van der Waals surface area (Å²) in [7, 11) is 0.154. The predicted molar refractivity (Wildman–Crippen MR) is 107 cm³/mol. The van der Waals surface area contributed by atoms with Crippen LogP contribution in [-0.4, -0.2) is 73.3 Å². The Morgan fingerprint density at radius 2 is 1.96 bits per heavy atom. The molecule has 28 heavy (non-hydrogen) atoms. The molecule has 0 radical (unpaired) electrons. The second kappa shape index (κ2) is 8.00. The molecule has 0 aliphatic carbocycles. The van der Waals surface area contributed by atoms with Crippen molar-refractivity contribution in [2.75, 3.05) is 31.9 Å². The Bertz CT molecular complexity index is 738. The first-order valence-electron chi connectivity index (χ1n) is 9.54. The van der Waals surface area contributed by atoms with E-state index < -0.39 is 26.4 Å². The first-order valence-corrected chi connectivity index (χ1v) is 13.2. The number of aliphatic hydroxyl groups is 2. The van der Waals surface area contributed by atoms with Gasteiger partial charge in [-0.25, -0.2) is 0 Å². The van der Waals surface area contributed by atoms with Crippen molar-refractivity contribution in [3.05, 3.63) is 17.7 Å². The van der Waals surface area contributed by atoms with Gasteiger partial charge in [-0.05, 0) is 18.5 Å². The highest BCUT2D eigenvalue weighted by Crippen LogP contribution is 2.43. The summed E-state index contributed by atoms with van der Waals surface area (Å²) in [6.45, 7) is 7.51. The summed E-state index contributed by atoms with van der Waals surface area (Å²) in [5.74, 6) is -0.162. The van der Waals surface area contributed by atoms with Crippen molar-refractivity contribution in [1.82, 2.24) is 4.90 Å². The average molecular weight is 411 g/mol. The molecule has 1 aromatic rings. The summed E-state index contributed by atoms with van der Waals surface area (Å²) in [6.07, 6.45) is -1.53. The number of phenols is 1. The van der Waals surface area contributed by atoms with Crippen molar-refractivity contribution < 1.29 is 29.6 Å². The van der Waals surface area contributed by atoms with Crippen LogP contribution in [0.25, 0.3) is 0 Å². The Hall–Kier alpha value is -1.65. The molecule has 1 amide bonds. The number of amides is 1. The number of methoxy groups -OCH3 is 1. The van der Waals surface area contributed by atoms with E-state index in [9.17, 15) is 20.1 Å². The lowest BCUT2D eigenvalue weighted by Crippen LogP contribution is -2.45. The number of anilines is 1. The molecule has 0 bridgehead atoms. The van der Waals surface area contributed by atoms with Gasteiger partial charge >= 0.3 is 0 Å². The zero-order chi connectivity index (χ0) is 20.6. The third-order valence-electron chi connectivity index (χ3n) is 5.30. The highest BCUT2D eigenvalue weighted by molar-refractivity contribution is 6.76. The van der Waals surface area contributed by atoms with Crippen LogP contribution in [0.4, 0.5) is 5.69 Å². The topological polar surface area (TPSA) is 103 Å². The van der Waals surface area contributed by atoms with E-state index in [-0.39, 0.29) is 37.1 Å². The third kappa shape index (κ3) is 4.18. The molecule has 8 nitrogen and oxygen atoms in total. The van der Waals surface area contributed by atoms with Crippen LogP contribution in [0, 0.1) is 0 Å². The van der Waals surface area contributed by atoms with Gasteiger partial charge in [0.2, 0.25) is 5.91 Å². The molecule has 3 atom stereocenters. The lowest BCUT2D eigenvalue weighted by Gasteiger charge is -2.26. The van der Waals surface area contributed by atoms with Gasteiger partial charge < -0.3 is 24.8 Å². The fraction of sp³-hybridized carbons (Fsp3) is 0.632. The summed E-state index contributed by atoms with van der Waals surface area (Å²) in [5, 5.41) is 31.2. The highest BCUT2D eigenvalue weighted by Gasteiger charge is 2.46. The lowest BCUT2D eigenvalue weighted by molar-refractivity contribution is -0.127. The standard InChI is InChI=1S/C19H30N2O6Si/c1-26-17-8-13-14(9-16(17)23)21(11-27-5-6-28(2,3)4)19(25)15-7-12(22)10-20(15)18(13)24/h8-9,12,15,18,22-24H,5-7,10-11H2,1-4H3/t12-,15+,18?/m1/s1. The molecular formula is C19H30N2O6Si. The average Bonchev–Trinajstić information content (AvgIpc) is 2.98. The predicted octanol–water partition coefficient (Wildman–Crippen LogP) is 1.49. The summed E-state index contributed by atoms with van der Waals surface area (Å²) in [5.41, 5.74) is 0.834. The number of nitrogens with zero attached hydrogens (tertiary/aromatic N) is 2. The fourth-order valence-corrected chi connectivity index (χ4v) is 4.43. The Morgan fingerprint density at radius 1 is 1.25 bits per heavy atom. The van der Waals surface area contributed by atoms with Crippen LogP contribution in [-0.2, 0) is 9.53 Å². The van der Waals surface area contributed by atoms with Crippen LogP contribution in [0.2, 0.25) is 25.7 Å². The lowest BCUT2D eigenvalue weighted by atomic mass is 10.1. The van der Waals surface area contributed by atoms with Gasteiger partial charge in [0, 0.05) is 32.9 Å². The minimum atomic E-state index is -1.27. The zero-order valence-corrected chi connectivity index (χ0v) is 17.9. The summed E-state index contributed by atoms with van der Waals surface area (Å²) >= 11 is 0. The highest BCUT2D eigenvalue weighted by atomic mass is 28.3. The first kappa shape index (κ1) is 21.1. The van der Waals surface area contributed by atoms with Gasteiger partial charge in [0.05, 0.1) is 24.9 Å². The van der Waals surface area contributed by atoms with E-state index >= 15 is 0 Å².